The van der Waals surface area contributed by atoms with Crippen molar-refractivity contribution in [3.05, 3.63) is 72.3 Å². The van der Waals surface area contributed by atoms with Crippen molar-refractivity contribution >= 4 is 21.6 Å². The number of hydrogen-bond acceptors (Lipinski definition) is 4. The smallest absolute Gasteiger partial charge is 0.278 e. The van der Waals surface area contributed by atoms with Crippen LogP contribution in [0.4, 0.5) is 5.69 Å². The van der Waals surface area contributed by atoms with Gasteiger partial charge in [-0.05, 0) is 24.3 Å². The van der Waals surface area contributed by atoms with Crippen LogP contribution in [0.3, 0.4) is 0 Å². The van der Waals surface area contributed by atoms with Crippen molar-refractivity contribution in [3.8, 4) is 5.69 Å². The second-order valence-corrected chi connectivity index (χ2v) is 8.41. The molecule has 28 heavy (non-hydrogen) atoms. The molecule has 3 aromatic rings. The van der Waals surface area contributed by atoms with E-state index in [1.54, 1.807) is 42.8 Å². The maximum atomic E-state index is 13.1. The van der Waals surface area contributed by atoms with Crippen LogP contribution in [0.2, 0.25) is 0 Å². The molecule has 1 aromatic heterocycles. The highest BCUT2D eigenvalue weighted by atomic mass is 32.2. The summed E-state index contributed by atoms with van der Waals surface area (Å²) >= 11 is 0. The van der Waals surface area contributed by atoms with Crippen LogP contribution in [0.25, 0.3) is 5.69 Å². The van der Waals surface area contributed by atoms with E-state index >= 15 is 0 Å². The van der Waals surface area contributed by atoms with Crippen molar-refractivity contribution in [3.63, 3.8) is 0 Å². The number of para-hydroxylation sites is 2. The van der Waals surface area contributed by atoms with Crippen molar-refractivity contribution < 1.29 is 13.2 Å². The molecule has 7 nitrogen and oxygen atoms in total. The van der Waals surface area contributed by atoms with Gasteiger partial charge in [0, 0.05) is 19.3 Å². The van der Waals surface area contributed by atoms with Gasteiger partial charge in [0.05, 0.1) is 17.9 Å². The third-order valence-electron chi connectivity index (χ3n) is 4.94. The largest absolute Gasteiger partial charge is 0.310 e. The summed E-state index contributed by atoms with van der Waals surface area (Å²) in [6, 6.07) is 16.1. The van der Waals surface area contributed by atoms with E-state index in [1.807, 2.05) is 30.3 Å². The summed E-state index contributed by atoms with van der Waals surface area (Å²) in [7, 11) is -1.98. The topological polar surface area (TPSA) is 75.5 Å². The molecule has 1 aliphatic rings. The van der Waals surface area contributed by atoms with E-state index in [4.69, 9.17) is 0 Å². The Balaban J connectivity index is 1.86. The fourth-order valence-corrected chi connectivity index (χ4v) is 4.98. The lowest BCUT2D eigenvalue weighted by Gasteiger charge is -2.19. The van der Waals surface area contributed by atoms with Crippen LogP contribution < -0.4 is 4.90 Å². The first-order valence-electron chi connectivity index (χ1n) is 8.94. The number of anilines is 1. The third-order valence-corrected chi connectivity index (χ3v) is 6.91. The zero-order valence-electron chi connectivity index (χ0n) is 15.6. The maximum absolute atomic E-state index is 13.1. The number of benzene rings is 2. The molecule has 0 N–H and O–H groups in total. The molecule has 0 atom stereocenters. The number of sulfonamides is 1. The monoisotopic (exact) mass is 396 g/mol. The SMILES string of the molecule is CCN1Cc2c(C(=O)N(C)c3ccccc3)ncn2-c2ccccc2S1(=O)=O. The normalized spacial score (nSPS) is 15.4. The average Bonchev–Trinajstić information content (AvgIpc) is 3.11. The molecule has 4 rings (SSSR count). The van der Waals surface area contributed by atoms with Crippen molar-refractivity contribution in [2.24, 2.45) is 0 Å². The van der Waals surface area contributed by atoms with Crippen molar-refractivity contribution in [2.75, 3.05) is 18.5 Å². The van der Waals surface area contributed by atoms with Crippen LogP contribution in [-0.4, -0.2) is 41.8 Å². The molecule has 8 heteroatoms. The van der Waals surface area contributed by atoms with Gasteiger partial charge in [-0.2, -0.15) is 4.31 Å². The van der Waals surface area contributed by atoms with Gasteiger partial charge in [-0.3, -0.25) is 9.36 Å². The summed E-state index contributed by atoms with van der Waals surface area (Å²) in [5.41, 5.74) is 2.05. The maximum Gasteiger partial charge on any atom is 0.278 e. The van der Waals surface area contributed by atoms with Gasteiger partial charge in [0.1, 0.15) is 11.2 Å². The molecule has 1 amide bonds. The molecular weight excluding hydrogens is 376 g/mol. The standard InChI is InChI=1S/C20H20N4O3S/c1-3-23-13-17-19(20(25)22(2)15-9-5-4-6-10-15)21-14-24(17)16-11-7-8-12-18(16)28(23,26)27/h4-12,14H,3,13H2,1-2H3. The van der Waals surface area contributed by atoms with Gasteiger partial charge in [-0.25, -0.2) is 13.4 Å². The van der Waals surface area contributed by atoms with Crippen LogP contribution >= 0.6 is 0 Å². The summed E-state index contributed by atoms with van der Waals surface area (Å²) in [4.78, 5) is 19.2. The fraction of sp³-hybridized carbons (Fsp3) is 0.200. The molecule has 0 bridgehead atoms. The second kappa shape index (κ2) is 6.88. The van der Waals surface area contributed by atoms with Crippen LogP contribution in [-0.2, 0) is 16.6 Å². The molecule has 144 valence electrons. The zero-order valence-corrected chi connectivity index (χ0v) is 16.4. The van der Waals surface area contributed by atoms with Gasteiger partial charge >= 0.3 is 0 Å². The Morgan fingerprint density at radius 3 is 2.50 bits per heavy atom. The van der Waals surface area contributed by atoms with Crippen molar-refractivity contribution in [1.29, 1.82) is 0 Å². The Bertz CT molecular complexity index is 1140. The molecule has 2 aromatic carbocycles. The van der Waals surface area contributed by atoms with Gasteiger partial charge in [-0.1, -0.05) is 37.3 Å². The molecule has 0 saturated heterocycles. The molecule has 0 fully saturated rings. The van der Waals surface area contributed by atoms with Gasteiger partial charge in [-0.15, -0.1) is 0 Å². The fourth-order valence-electron chi connectivity index (χ4n) is 3.39. The molecular formula is C20H20N4O3S. The predicted octanol–water partition coefficient (Wildman–Crippen LogP) is 2.67. The summed E-state index contributed by atoms with van der Waals surface area (Å²) in [6.45, 7) is 2.16. The lowest BCUT2D eigenvalue weighted by Crippen LogP contribution is -2.32. The first-order valence-corrected chi connectivity index (χ1v) is 10.4. The number of amides is 1. The molecule has 0 saturated carbocycles. The predicted molar refractivity (Wildman–Crippen MR) is 106 cm³/mol. The average molecular weight is 396 g/mol. The lowest BCUT2D eigenvalue weighted by atomic mass is 10.2. The molecule has 0 spiro atoms. The minimum absolute atomic E-state index is 0.0806. The van der Waals surface area contributed by atoms with Crippen molar-refractivity contribution in [1.82, 2.24) is 13.9 Å². The summed E-state index contributed by atoms with van der Waals surface area (Å²) in [6.07, 6.45) is 1.52. The number of nitrogens with zero attached hydrogens (tertiary/aromatic N) is 4. The number of carbonyl (C=O) groups is 1. The number of imidazole rings is 1. The lowest BCUT2D eigenvalue weighted by molar-refractivity contribution is 0.0987. The third kappa shape index (κ3) is 2.81. The van der Waals surface area contributed by atoms with Crippen molar-refractivity contribution in [2.45, 2.75) is 18.4 Å². The quantitative estimate of drug-likeness (QED) is 0.682. The highest BCUT2D eigenvalue weighted by Gasteiger charge is 2.34. The summed E-state index contributed by atoms with van der Waals surface area (Å²) < 4.78 is 29.2. The minimum atomic E-state index is -3.66. The van der Waals surface area contributed by atoms with E-state index in [1.165, 1.54) is 15.5 Å². The minimum Gasteiger partial charge on any atom is -0.310 e. The van der Waals surface area contributed by atoms with E-state index < -0.39 is 10.0 Å². The van der Waals surface area contributed by atoms with E-state index in [-0.39, 0.29) is 23.0 Å². The first-order chi connectivity index (χ1) is 13.4. The Hall–Kier alpha value is -2.97. The van der Waals surface area contributed by atoms with Gasteiger partial charge in [0.25, 0.3) is 5.91 Å². The summed E-state index contributed by atoms with van der Waals surface area (Å²) in [5, 5.41) is 0. The molecule has 2 heterocycles. The Labute approximate surface area is 163 Å². The van der Waals surface area contributed by atoms with Crippen LogP contribution in [0.15, 0.2) is 65.8 Å². The van der Waals surface area contributed by atoms with Gasteiger partial charge in [0.15, 0.2) is 5.69 Å². The highest BCUT2D eigenvalue weighted by Crippen LogP contribution is 2.31. The molecule has 0 aliphatic carbocycles. The summed E-state index contributed by atoms with van der Waals surface area (Å²) in [5.74, 6) is -0.284. The van der Waals surface area contributed by atoms with Crippen LogP contribution in [0.5, 0.6) is 0 Å². The van der Waals surface area contributed by atoms with E-state index in [0.717, 1.165) is 5.69 Å². The van der Waals surface area contributed by atoms with Crippen LogP contribution in [0.1, 0.15) is 23.1 Å². The number of fused-ring (bicyclic) bond motifs is 3. The zero-order chi connectivity index (χ0) is 19.9. The number of aromatic nitrogens is 2. The number of rotatable bonds is 3. The van der Waals surface area contributed by atoms with Crippen LogP contribution in [0, 0.1) is 0 Å². The number of carbonyl (C=O) groups excluding carboxylic acids is 1. The molecule has 0 unspecified atom stereocenters. The molecule has 0 radical (unpaired) electrons. The van der Waals surface area contributed by atoms with Gasteiger partial charge in [0.2, 0.25) is 10.0 Å². The van der Waals surface area contributed by atoms with E-state index in [2.05, 4.69) is 4.98 Å². The Kier molecular flexibility index (Phi) is 4.52. The molecule has 1 aliphatic heterocycles. The first kappa shape index (κ1) is 18.4. The number of hydrogen-bond donors (Lipinski definition) is 0. The highest BCUT2D eigenvalue weighted by molar-refractivity contribution is 7.89. The van der Waals surface area contributed by atoms with E-state index in [9.17, 15) is 13.2 Å². The van der Waals surface area contributed by atoms with E-state index in [0.29, 0.717) is 17.9 Å². The van der Waals surface area contributed by atoms with Gasteiger partial charge < -0.3 is 4.90 Å². The second-order valence-electron chi connectivity index (χ2n) is 6.51. The Morgan fingerprint density at radius 2 is 1.79 bits per heavy atom. The Morgan fingerprint density at radius 1 is 1.11 bits per heavy atom.